The lowest BCUT2D eigenvalue weighted by atomic mass is 10.4. The van der Waals surface area contributed by atoms with Gasteiger partial charge in [0.05, 0.1) is 12.4 Å². The van der Waals surface area contributed by atoms with Crippen LogP contribution in [0.25, 0.3) is 0 Å². The molecule has 0 bridgehead atoms. The zero-order chi connectivity index (χ0) is 9.68. The first-order valence-corrected chi connectivity index (χ1v) is 4.50. The highest BCUT2D eigenvalue weighted by molar-refractivity contribution is 7.80. The summed E-state index contributed by atoms with van der Waals surface area (Å²) < 4.78 is 0. The maximum atomic E-state index is 5.37. The van der Waals surface area contributed by atoms with Crippen LogP contribution < -0.4 is 11.1 Å². The minimum atomic E-state index is 0.273. The van der Waals surface area contributed by atoms with E-state index in [-0.39, 0.29) is 4.99 Å². The van der Waals surface area contributed by atoms with Crippen LogP contribution >= 0.6 is 12.2 Å². The second-order valence-corrected chi connectivity index (χ2v) is 3.02. The summed E-state index contributed by atoms with van der Waals surface area (Å²) in [6, 6.07) is 0. The topological polar surface area (TPSA) is 63.8 Å². The highest BCUT2D eigenvalue weighted by Crippen LogP contribution is 2.00. The average Bonchev–Trinajstić information content (AvgIpc) is 2.15. The summed E-state index contributed by atoms with van der Waals surface area (Å²) in [5.41, 5.74) is 5.93. The Morgan fingerprint density at radius 3 is 2.77 bits per heavy atom. The third-order valence-electron chi connectivity index (χ3n) is 1.46. The molecular weight excluding hydrogens is 184 g/mol. The first-order valence-electron chi connectivity index (χ1n) is 4.09. The number of thiocarbonyl (C=S) groups is 1. The summed E-state index contributed by atoms with van der Waals surface area (Å²) in [4.78, 5) is 8.41. The molecule has 0 unspecified atom stereocenters. The highest BCUT2D eigenvalue weighted by Gasteiger charge is 1.98. The van der Waals surface area contributed by atoms with Crippen molar-refractivity contribution in [3.05, 3.63) is 18.1 Å². The Bertz CT molecular complexity index is 283. The van der Waals surface area contributed by atoms with Crippen LogP contribution in [0.15, 0.2) is 12.4 Å². The fourth-order valence-electron chi connectivity index (χ4n) is 0.800. The minimum Gasteiger partial charge on any atom is -0.388 e. The summed E-state index contributed by atoms with van der Waals surface area (Å²) in [6.45, 7) is 2.98. The zero-order valence-corrected chi connectivity index (χ0v) is 8.27. The molecule has 3 N–H and O–H groups in total. The van der Waals surface area contributed by atoms with E-state index in [1.165, 1.54) is 0 Å². The van der Waals surface area contributed by atoms with Gasteiger partial charge < -0.3 is 11.1 Å². The SMILES string of the molecule is CCCNc1cnc(C(N)=S)cn1. The van der Waals surface area contributed by atoms with Gasteiger partial charge in [-0.2, -0.15) is 0 Å². The Labute approximate surface area is 82.6 Å². The van der Waals surface area contributed by atoms with Gasteiger partial charge in [-0.05, 0) is 6.42 Å². The smallest absolute Gasteiger partial charge is 0.144 e. The Hall–Kier alpha value is -1.23. The van der Waals surface area contributed by atoms with E-state index in [2.05, 4.69) is 22.2 Å². The monoisotopic (exact) mass is 196 g/mol. The fraction of sp³-hybridized carbons (Fsp3) is 0.375. The maximum Gasteiger partial charge on any atom is 0.144 e. The van der Waals surface area contributed by atoms with Crippen LogP contribution in [0.2, 0.25) is 0 Å². The quantitative estimate of drug-likeness (QED) is 0.701. The van der Waals surface area contributed by atoms with Crippen molar-refractivity contribution in [1.82, 2.24) is 9.97 Å². The molecule has 0 aromatic carbocycles. The largest absolute Gasteiger partial charge is 0.388 e. The molecule has 0 aliphatic rings. The zero-order valence-electron chi connectivity index (χ0n) is 7.45. The van der Waals surface area contributed by atoms with Gasteiger partial charge in [-0.25, -0.2) is 9.97 Å². The van der Waals surface area contributed by atoms with Crippen LogP contribution in [0.4, 0.5) is 5.82 Å². The first kappa shape index (κ1) is 9.85. The van der Waals surface area contributed by atoms with Crippen molar-refractivity contribution in [1.29, 1.82) is 0 Å². The van der Waals surface area contributed by atoms with Gasteiger partial charge in [0.1, 0.15) is 16.5 Å². The standard InChI is InChI=1S/C8H12N4S/c1-2-3-10-7-5-11-6(4-12-7)8(9)13/h4-5H,2-3H2,1H3,(H2,9,13)(H,10,12). The first-order chi connectivity index (χ1) is 6.24. The number of nitrogens with zero attached hydrogens (tertiary/aromatic N) is 2. The van der Waals surface area contributed by atoms with Crippen molar-refractivity contribution in [2.45, 2.75) is 13.3 Å². The normalized spacial score (nSPS) is 9.62. The van der Waals surface area contributed by atoms with Crippen molar-refractivity contribution in [3.63, 3.8) is 0 Å². The number of rotatable bonds is 4. The number of anilines is 1. The van der Waals surface area contributed by atoms with Crippen molar-refractivity contribution in [2.75, 3.05) is 11.9 Å². The van der Waals surface area contributed by atoms with Gasteiger partial charge in [0, 0.05) is 6.54 Å². The molecule has 0 amide bonds. The van der Waals surface area contributed by atoms with Crippen molar-refractivity contribution < 1.29 is 0 Å². The molecule has 1 aromatic rings. The summed E-state index contributed by atoms with van der Waals surface area (Å²) in [5, 5.41) is 3.10. The third kappa shape index (κ3) is 2.95. The Morgan fingerprint density at radius 2 is 2.31 bits per heavy atom. The number of hydrogen-bond donors (Lipinski definition) is 2. The minimum absolute atomic E-state index is 0.273. The van der Waals surface area contributed by atoms with Gasteiger partial charge in [0.25, 0.3) is 0 Å². The molecule has 0 aliphatic heterocycles. The van der Waals surface area contributed by atoms with Crippen LogP contribution in [-0.4, -0.2) is 21.5 Å². The molecule has 1 rings (SSSR count). The number of hydrogen-bond acceptors (Lipinski definition) is 4. The van der Waals surface area contributed by atoms with Crippen molar-refractivity contribution >= 4 is 23.0 Å². The summed E-state index contributed by atoms with van der Waals surface area (Å²) >= 11 is 4.75. The molecule has 0 aliphatic carbocycles. The van der Waals surface area contributed by atoms with E-state index in [4.69, 9.17) is 18.0 Å². The van der Waals surface area contributed by atoms with E-state index >= 15 is 0 Å². The summed E-state index contributed by atoms with van der Waals surface area (Å²) in [5.74, 6) is 0.752. The molecule has 1 heterocycles. The molecular formula is C8H12N4S. The second kappa shape index (κ2) is 4.71. The number of aromatic nitrogens is 2. The van der Waals surface area contributed by atoms with Crippen molar-refractivity contribution in [3.8, 4) is 0 Å². The number of nitrogens with one attached hydrogen (secondary N) is 1. The van der Waals surface area contributed by atoms with Crippen LogP contribution in [0.3, 0.4) is 0 Å². The molecule has 0 spiro atoms. The molecule has 0 saturated heterocycles. The lowest BCUT2D eigenvalue weighted by molar-refractivity contribution is 0.964. The maximum absolute atomic E-state index is 5.37. The average molecular weight is 196 g/mol. The van der Waals surface area contributed by atoms with Gasteiger partial charge in [0.2, 0.25) is 0 Å². The molecule has 1 aromatic heterocycles. The molecule has 70 valence electrons. The van der Waals surface area contributed by atoms with Crippen LogP contribution in [-0.2, 0) is 0 Å². The predicted molar refractivity (Wildman–Crippen MR) is 56.7 cm³/mol. The van der Waals surface area contributed by atoms with Gasteiger partial charge in [-0.15, -0.1) is 0 Å². The van der Waals surface area contributed by atoms with Crippen molar-refractivity contribution in [2.24, 2.45) is 5.73 Å². The molecule has 0 radical (unpaired) electrons. The van der Waals surface area contributed by atoms with E-state index in [1.807, 2.05) is 0 Å². The van der Waals surface area contributed by atoms with E-state index in [9.17, 15) is 0 Å². The number of nitrogens with two attached hydrogens (primary N) is 1. The fourth-order valence-corrected chi connectivity index (χ4v) is 0.905. The molecule has 4 nitrogen and oxygen atoms in total. The van der Waals surface area contributed by atoms with E-state index < -0.39 is 0 Å². The third-order valence-corrected chi connectivity index (χ3v) is 1.67. The lowest BCUT2D eigenvalue weighted by Gasteiger charge is -2.02. The summed E-state index contributed by atoms with van der Waals surface area (Å²) in [7, 11) is 0. The van der Waals surface area contributed by atoms with Gasteiger partial charge in [0.15, 0.2) is 0 Å². The molecule has 0 fully saturated rings. The van der Waals surface area contributed by atoms with Crippen LogP contribution in [0.1, 0.15) is 19.0 Å². The molecule has 5 heteroatoms. The Balaban J connectivity index is 2.64. The summed E-state index contributed by atoms with van der Waals surface area (Å²) in [6.07, 6.45) is 4.25. The van der Waals surface area contributed by atoms with E-state index in [0.717, 1.165) is 18.8 Å². The lowest BCUT2D eigenvalue weighted by Crippen LogP contribution is -2.12. The van der Waals surface area contributed by atoms with E-state index in [1.54, 1.807) is 12.4 Å². The van der Waals surface area contributed by atoms with Gasteiger partial charge >= 0.3 is 0 Å². The highest BCUT2D eigenvalue weighted by atomic mass is 32.1. The van der Waals surface area contributed by atoms with Gasteiger partial charge in [-0.3, -0.25) is 0 Å². The van der Waals surface area contributed by atoms with Crippen LogP contribution in [0, 0.1) is 0 Å². The second-order valence-electron chi connectivity index (χ2n) is 2.58. The molecule has 0 atom stereocenters. The molecule has 13 heavy (non-hydrogen) atoms. The Morgan fingerprint density at radius 1 is 1.54 bits per heavy atom. The van der Waals surface area contributed by atoms with Crippen LogP contribution in [0.5, 0.6) is 0 Å². The molecule has 0 saturated carbocycles. The Kier molecular flexibility index (Phi) is 3.57. The predicted octanol–water partition coefficient (Wildman–Crippen LogP) is 0.933. The van der Waals surface area contributed by atoms with E-state index in [0.29, 0.717) is 5.69 Å². The van der Waals surface area contributed by atoms with Gasteiger partial charge in [-0.1, -0.05) is 19.1 Å².